The molecule has 1 aliphatic rings. The fraction of sp³-hybridized carbons (Fsp3) is 0.333. The Morgan fingerprint density at radius 1 is 1.02 bits per heavy atom. The molecular weight excluding hydrogens is 523 g/mol. The van der Waals surface area contributed by atoms with E-state index >= 15 is 0 Å². The van der Waals surface area contributed by atoms with Gasteiger partial charge in [-0.15, -0.1) is 0 Å². The van der Waals surface area contributed by atoms with Gasteiger partial charge in [-0.05, 0) is 36.9 Å². The average molecular weight is 556 g/mol. The number of urea groups is 1. The van der Waals surface area contributed by atoms with Crippen molar-refractivity contribution in [2.45, 2.75) is 20.1 Å². The first kappa shape index (κ1) is 28.8. The van der Waals surface area contributed by atoms with Crippen LogP contribution in [0.25, 0.3) is 22.2 Å². The number of anilines is 3. The topological polar surface area (TPSA) is 117 Å². The van der Waals surface area contributed by atoms with E-state index in [2.05, 4.69) is 30.6 Å². The number of carbonyl (C=O) groups excluding carboxylic acids is 1. The molecule has 2 aromatic heterocycles. The third-order valence-corrected chi connectivity index (χ3v) is 6.68. The van der Waals surface area contributed by atoms with Crippen LogP contribution < -0.4 is 16.4 Å². The monoisotopic (exact) mass is 555 g/mol. The van der Waals surface area contributed by atoms with Crippen molar-refractivity contribution < 1.29 is 18.0 Å². The first-order chi connectivity index (χ1) is 18.5. The Bertz CT molecular complexity index is 1510. The van der Waals surface area contributed by atoms with E-state index in [-0.39, 0.29) is 37.0 Å². The Morgan fingerprint density at radius 2 is 1.77 bits per heavy atom. The molecule has 212 valence electrons. The molecule has 1 aliphatic heterocycles. The summed E-state index contributed by atoms with van der Waals surface area (Å²) in [5.74, 6) is 0.418. The smallest absolute Gasteiger partial charge is 0.368 e. The minimum atomic E-state index is -4.55. The molecule has 4 aromatic rings. The second-order valence-corrected chi connectivity index (χ2v) is 9.57. The summed E-state index contributed by atoms with van der Waals surface area (Å²) in [5, 5.41) is 10.2. The fourth-order valence-electron chi connectivity index (χ4n) is 4.59. The van der Waals surface area contributed by atoms with Gasteiger partial charge in [0.25, 0.3) is 0 Å². The van der Waals surface area contributed by atoms with E-state index in [1.54, 1.807) is 30.1 Å². The fourth-order valence-corrected chi connectivity index (χ4v) is 4.59. The number of aryl methyl sites for hydroxylation is 1. The maximum absolute atomic E-state index is 13.9. The molecule has 0 bridgehead atoms. The number of aromatic nitrogens is 4. The molecule has 40 heavy (non-hydrogen) atoms. The second-order valence-electron chi connectivity index (χ2n) is 9.57. The minimum Gasteiger partial charge on any atom is -0.368 e. The standard InChI is InChI=1S/C26H28F3N9O.CH4/c1-36-7-9-38(10-8-36)15-17-3-5-19(12-20(17)26(27,28)29)32-25(39)34-23-13-22(37(2)35-23)16-4-6-21-18(11-16)14-31-24(30)33-21;/h3-6,11-14H,7-10,15H2,1-2H3,(H2,30,31,33)(H2,32,34,35,39);1H4. The lowest BCUT2D eigenvalue weighted by Crippen LogP contribution is -2.44. The quantitative estimate of drug-likeness (QED) is 0.328. The Hall–Kier alpha value is -4.23. The summed E-state index contributed by atoms with van der Waals surface area (Å²) in [6.07, 6.45) is -2.93. The summed E-state index contributed by atoms with van der Waals surface area (Å²) in [6.45, 7) is 3.20. The number of nitrogen functional groups attached to an aromatic ring is 1. The van der Waals surface area contributed by atoms with E-state index in [0.29, 0.717) is 24.3 Å². The van der Waals surface area contributed by atoms with Gasteiger partial charge < -0.3 is 16.0 Å². The van der Waals surface area contributed by atoms with Crippen LogP contribution >= 0.6 is 0 Å². The SMILES string of the molecule is C.CN1CCN(Cc2ccc(NC(=O)Nc3cc(-c4ccc5nc(N)ncc5c4)n(C)n3)cc2C(F)(F)F)CC1. The van der Waals surface area contributed by atoms with Crippen molar-refractivity contribution in [3.05, 3.63) is 59.8 Å². The molecule has 0 atom stereocenters. The molecule has 1 fully saturated rings. The Labute approximate surface area is 230 Å². The lowest BCUT2D eigenvalue weighted by molar-refractivity contribution is -0.138. The maximum Gasteiger partial charge on any atom is 0.416 e. The first-order valence-electron chi connectivity index (χ1n) is 12.3. The minimum absolute atomic E-state index is 0. The number of nitrogens with one attached hydrogen (secondary N) is 2. The normalized spacial score (nSPS) is 14.6. The van der Waals surface area contributed by atoms with Gasteiger partial charge in [-0.25, -0.2) is 14.8 Å². The van der Waals surface area contributed by atoms with Crippen LogP contribution in [-0.2, 0) is 19.8 Å². The maximum atomic E-state index is 13.9. The first-order valence-corrected chi connectivity index (χ1v) is 12.3. The lowest BCUT2D eigenvalue weighted by Gasteiger charge is -2.33. The van der Waals surface area contributed by atoms with Gasteiger partial charge >= 0.3 is 12.2 Å². The number of hydrogen-bond donors (Lipinski definition) is 3. The van der Waals surface area contributed by atoms with Crippen molar-refractivity contribution in [2.75, 3.05) is 49.6 Å². The molecule has 0 aliphatic carbocycles. The van der Waals surface area contributed by atoms with Crippen LogP contribution in [0.4, 0.5) is 35.4 Å². The van der Waals surface area contributed by atoms with Gasteiger partial charge in [-0.3, -0.25) is 14.9 Å². The van der Waals surface area contributed by atoms with Crippen molar-refractivity contribution in [1.82, 2.24) is 29.5 Å². The Balaban J connectivity index is 0.00000370. The van der Waals surface area contributed by atoms with Gasteiger partial charge in [0.2, 0.25) is 5.95 Å². The Morgan fingerprint density at radius 3 is 2.50 bits per heavy atom. The predicted molar refractivity (Wildman–Crippen MR) is 150 cm³/mol. The third-order valence-electron chi connectivity index (χ3n) is 6.68. The number of likely N-dealkylation sites (N-methyl/N-ethyl adjacent to an activating group) is 1. The molecule has 10 nitrogen and oxygen atoms in total. The zero-order chi connectivity index (χ0) is 27.7. The molecule has 13 heteroatoms. The molecule has 3 heterocycles. The van der Waals surface area contributed by atoms with Gasteiger partial charge in [0, 0.05) is 68.7 Å². The van der Waals surface area contributed by atoms with Crippen LogP contribution in [0.1, 0.15) is 18.6 Å². The number of amides is 2. The number of benzene rings is 2. The van der Waals surface area contributed by atoms with E-state index in [4.69, 9.17) is 5.73 Å². The van der Waals surface area contributed by atoms with Gasteiger partial charge in [0.15, 0.2) is 5.82 Å². The van der Waals surface area contributed by atoms with Gasteiger partial charge in [0.05, 0.1) is 16.8 Å². The summed E-state index contributed by atoms with van der Waals surface area (Å²) >= 11 is 0. The summed E-state index contributed by atoms with van der Waals surface area (Å²) < 4.78 is 43.2. The number of alkyl halides is 3. The number of fused-ring (bicyclic) bond motifs is 1. The predicted octanol–water partition coefficient (Wildman–Crippen LogP) is 4.66. The summed E-state index contributed by atoms with van der Waals surface area (Å²) in [7, 11) is 3.71. The number of rotatable bonds is 5. The zero-order valence-corrected chi connectivity index (χ0v) is 21.5. The van der Waals surface area contributed by atoms with Gasteiger partial charge in [-0.2, -0.15) is 18.3 Å². The van der Waals surface area contributed by atoms with Crippen LogP contribution in [-0.4, -0.2) is 68.8 Å². The van der Waals surface area contributed by atoms with E-state index in [0.717, 1.165) is 30.1 Å². The summed E-state index contributed by atoms with van der Waals surface area (Å²) in [4.78, 5) is 25.0. The number of hydrogen-bond acceptors (Lipinski definition) is 7. The van der Waals surface area contributed by atoms with Crippen LogP contribution in [0, 0.1) is 0 Å². The summed E-state index contributed by atoms with van der Waals surface area (Å²) in [5.41, 5.74) is 7.30. The molecule has 5 rings (SSSR count). The van der Waals surface area contributed by atoms with Crippen molar-refractivity contribution in [2.24, 2.45) is 7.05 Å². The molecule has 2 aromatic carbocycles. The zero-order valence-electron chi connectivity index (χ0n) is 21.5. The van der Waals surface area contributed by atoms with E-state index in [9.17, 15) is 18.0 Å². The largest absolute Gasteiger partial charge is 0.416 e. The number of piperazine rings is 1. The lowest BCUT2D eigenvalue weighted by atomic mass is 10.0. The molecule has 2 amide bonds. The molecule has 1 saturated heterocycles. The van der Waals surface area contributed by atoms with Crippen molar-refractivity contribution in [3.8, 4) is 11.3 Å². The number of carbonyl (C=O) groups is 1. The van der Waals surface area contributed by atoms with Crippen molar-refractivity contribution in [1.29, 1.82) is 0 Å². The number of nitrogens with zero attached hydrogens (tertiary/aromatic N) is 6. The van der Waals surface area contributed by atoms with E-state index in [1.807, 2.05) is 24.1 Å². The highest BCUT2D eigenvalue weighted by Crippen LogP contribution is 2.35. The Kier molecular flexibility index (Phi) is 8.26. The summed E-state index contributed by atoms with van der Waals surface area (Å²) in [6, 6.07) is 10.4. The second kappa shape index (κ2) is 11.5. The molecule has 0 saturated carbocycles. The van der Waals surface area contributed by atoms with Crippen molar-refractivity contribution >= 4 is 34.4 Å². The van der Waals surface area contributed by atoms with E-state index in [1.165, 1.54) is 12.1 Å². The van der Waals surface area contributed by atoms with Crippen molar-refractivity contribution in [3.63, 3.8) is 0 Å². The molecule has 0 spiro atoms. The van der Waals surface area contributed by atoms with Gasteiger partial charge in [0.1, 0.15) is 0 Å². The average Bonchev–Trinajstić information content (AvgIpc) is 3.24. The molecule has 0 unspecified atom stereocenters. The highest BCUT2D eigenvalue weighted by molar-refractivity contribution is 5.99. The van der Waals surface area contributed by atoms with Crippen LogP contribution in [0.2, 0.25) is 0 Å². The van der Waals surface area contributed by atoms with Crippen LogP contribution in [0.5, 0.6) is 0 Å². The van der Waals surface area contributed by atoms with Crippen LogP contribution in [0.3, 0.4) is 0 Å². The van der Waals surface area contributed by atoms with Crippen LogP contribution in [0.15, 0.2) is 48.7 Å². The highest BCUT2D eigenvalue weighted by Gasteiger charge is 2.34. The molecule has 4 N–H and O–H groups in total. The highest BCUT2D eigenvalue weighted by atomic mass is 19.4. The molecular formula is C27H32F3N9O. The third kappa shape index (κ3) is 6.49. The number of halogens is 3. The molecule has 0 radical (unpaired) electrons. The number of nitrogens with two attached hydrogens (primary N) is 1. The van der Waals surface area contributed by atoms with E-state index < -0.39 is 17.8 Å². The van der Waals surface area contributed by atoms with Gasteiger partial charge in [-0.1, -0.05) is 19.6 Å².